The van der Waals surface area contributed by atoms with Crippen molar-refractivity contribution in [3.05, 3.63) is 35.4 Å². The third-order valence-electron chi connectivity index (χ3n) is 1.95. The molecule has 0 spiro atoms. The van der Waals surface area contributed by atoms with Gasteiger partial charge in [-0.25, -0.2) is 0 Å². The summed E-state index contributed by atoms with van der Waals surface area (Å²) in [5.74, 6) is 0. The van der Waals surface area contributed by atoms with E-state index in [9.17, 15) is 18.3 Å². The van der Waals surface area contributed by atoms with Crippen LogP contribution >= 0.6 is 0 Å². The third kappa shape index (κ3) is 3.21. The topological polar surface area (TPSA) is 29.5 Å². The number of halogens is 3. The van der Waals surface area contributed by atoms with Crippen LogP contribution in [0.1, 0.15) is 17.2 Å². The van der Waals surface area contributed by atoms with Crippen molar-refractivity contribution in [3.63, 3.8) is 0 Å². The van der Waals surface area contributed by atoms with E-state index in [-0.39, 0.29) is 6.61 Å². The maximum absolute atomic E-state index is 12.2. The van der Waals surface area contributed by atoms with Crippen LogP contribution in [0.3, 0.4) is 0 Å². The minimum atomic E-state index is -4.34. The van der Waals surface area contributed by atoms with E-state index in [1.165, 1.54) is 19.2 Å². The minimum absolute atomic E-state index is 0.0609. The van der Waals surface area contributed by atoms with Gasteiger partial charge in [-0.2, -0.15) is 13.2 Å². The van der Waals surface area contributed by atoms with Crippen LogP contribution in [0.4, 0.5) is 13.2 Å². The highest BCUT2D eigenvalue weighted by Crippen LogP contribution is 2.29. The molecule has 1 atom stereocenters. The predicted molar refractivity (Wildman–Crippen MR) is 48.3 cm³/mol. The van der Waals surface area contributed by atoms with Crippen LogP contribution in [0.25, 0.3) is 0 Å². The largest absolute Gasteiger partial charge is 0.416 e. The van der Waals surface area contributed by atoms with E-state index < -0.39 is 17.8 Å². The summed E-state index contributed by atoms with van der Waals surface area (Å²) in [6.07, 6.45) is -5.23. The molecule has 0 aliphatic rings. The third-order valence-corrected chi connectivity index (χ3v) is 1.95. The second-order valence-corrected chi connectivity index (χ2v) is 3.09. The maximum atomic E-state index is 12.2. The molecule has 0 aliphatic heterocycles. The molecule has 1 N–H and O–H groups in total. The summed E-state index contributed by atoms with van der Waals surface area (Å²) in [6.45, 7) is 0.0609. The molecule has 84 valence electrons. The zero-order chi connectivity index (χ0) is 11.5. The molecule has 15 heavy (non-hydrogen) atoms. The molecular formula is C10H11F3O2. The lowest BCUT2D eigenvalue weighted by Crippen LogP contribution is -2.07. The Hall–Kier alpha value is -1.07. The normalized spacial score (nSPS) is 13.9. The number of benzene rings is 1. The van der Waals surface area contributed by atoms with Gasteiger partial charge in [0.1, 0.15) is 6.10 Å². The molecule has 0 saturated heterocycles. The Morgan fingerprint density at radius 3 is 2.20 bits per heavy atom. The smallest absolute Gasteiger partial charge is 0.386 e. The minimum Gasteiger partial charge on any atom is -0.386 e. The molecule has 0 aromatic heterocycles. The molecule has 0 aliphatic carbocycles. The molecule has 1 aromatic rings. The predicted octanol–water partition coefficient (Wildman–Crippen LogP) is 2.39. The number of rotatable bonds is 3. The highest BCUT2D eigenvalue weighted by molar-refractivity contribution is 5.25. The Bertz CT molecular complexity index is 305. The SMILES string of the molecule is COC[C@H](O)c1ccc(C(F)(F)F)cc1. The van der Waals surface area contributed by atoms with Crippen molar-refractivity contribution < 1.29 is 23.0 Å². The Morgan fingerprint density at radius 1 is 1.27 bits per heavy atom. The quantitative estimate of drug-likeness (QED) is 0.847. The van der Waals surface area contributed by atoms with E-state index in [2.05, 4.69) is 4.74 Å². The Morgan fingerprint density at radius 2 is 1.80 bits per heavy atom. The molecule has 0 fully saturated rings. The monoisotopic (exact) mass is 220 g/mol. The van der Waals surface area contributed by atoms with E-state index in [4.69, 9.17) is 0 Å². The highest BCUT2D eigenvalue weighted by atomic mass is 19.4. The van der Waals surface area contributed by atoms with E-state index >= 15 is 0 Å². The Labute approximate surface area is 85.3 Å². The summed E-state index contributed by atoms with van der Waals surface area (Å²) in [5, 5.41) is 9.41. The number of ether oxygens (including phenoxy) is 1. The lowest BCUT2D eigenvalue weighted by molar-refractivity contribution is -0.137. The maximum Gasteiger partial charge on any atom is 0.416 e. The van der Waals surface area contributed by atoms with E-state index in [0.717, 1.165) is 12.1 Å². The van der Waals surface area contributed by atoms with Crippen molar-refractivity contribution >= 4 is 0 Å². The average Bonchev–Trinajstić information content (AvgIpc) is 2.17. The molecule has 0 amide bonds. The number of hydrogen-bond acceptors (Lipinski definition) is 2. The molecule has 0 unspecified atom stereocenters. The van der Waals surface area contributed by atoms with Crippen LogP contribution in [-0.4, -0.2) is 18.8 Å². The molecule has 5 heteroatoms. The van der Waals surface area contributed by atoms with Crippen molar-refractivity contribution in [2.24, 2.45) is 0 Å². The summed E-state index contributed by atoms with van der Waals surface area (Å²) in [5.41, 5.74) is -0.319. The average molecular weight is 220 g/mol. The molecule has 1 rings (SSSR count). The van der Waals surface area contributed by atoms with Crippen molar-refractivity contribution in [1.29, 1.82) is 0 Å². The van der Waals surface area contributed by atoms with Gasteiger partial charge in [0.25, 0.3) is 0 Å². The van der Waals surface area contributed by atoms with Gasteiger partial charge in [0, 0.05) is 7.11 Å². The van der Waals surface area contributed by atoms with Gasteiger partial charge < -0.3 is 9.84 Å². The standard InChI is InChI=1S/C10H11F3O2/c1-15-6-9(14)7-2-4-8(5-3-7)10(11,12)13/h2-5,9,14H,6H2,1H3/t9-/m0/s1. The van der Waals surface area contributed by atoms with Gasteiger partial charge in [-0.05, 0) is 17.7 Å². The van der Waals surface area contributed by atoms with Crippen molar-refractivity contribution in [2.75, 3.05) is 13.7 Å². The van der Waals surface area contributed by atoms with E-state index in [1.807, 2.05) is 0 Å². The second kappa shape index (κ2) is 4.63. The van der Waals surface area contributed by atoms with Crippen LogP contribution in [0, 0.1) is 0 Å². The first kappa shape index (κ1) is 12.0. The van der Waals surface area contributed by atoms with Gasteiger partial charge in [0.15, 0.2) is 0 Å². The molecule has 0 heterocycles. The second-order valence-electron chi connectivity index (χ2n) is 3.09. The van der Waals surface area contributed by atoms with Gasteiger partial charge in [0.2, 0.25) is 0 Å². The number of aliphatic hydroxyl groups is 1. The van der Waals surface area contributed by atoms with E-state index in [0.29, 0.717) is 5.56 Å². The Kier molecular flexibility index (Phi) is 3.71. The summed E-state index contributed by atoms with van der Waals surface area (Å²) in [6, 6.07) is 4.36. The van der Waals surface area contributed by atoms with Crippen molar-refractivity contribution in [2.45, 2.75) is 12.3 Å². The zero-order valence-electron chi connectivity index (χ0n) is 8.08. The molecule has 2 nitrogen and oxygen atoms in total. The van der Waals surface area contributed by atoms with Crippen LogP contribution in [0.5, 0.6) is 0 Å². The fourth-order valence-electron chi connectivity index (χ4n) is 1.15. The summed E-state index contributed by atoms with van der Waals surface area (Å²) < 4.78 is 41.2. The summed E-state index contributed by atoms with van der Waals surface area (Å²) in [7, 11) is 1.41. The van der Waals surface area contributed by atoms with Gasteiger partial charge in [-0.15, -0.1) is 0 Å². The van der Waals surface area contributed by atoms with Crippen molar-refractivity contribution in [1.82, 2.24) is 0 Å². The van der Waals surface area contributed by atoms with Gasteiger partial charge >= 0.3 is 6.18 Å². The molecule has 0 bridgehead atoms. The van der Waals surface area contributed by atoms with Gasteiger partial charge in [-0.3, -0.25) is 0 Å². The van der Waals surface area contributed by atoms with Crippen molar-refractivity contribution in [3.8, 4) is 0 Å². The van der Waals surface area contributed by atoms with Gasteiger partial charge in [-0.1, -0.05) is 12.1 Å². The lowest BCUT2D eigenvalue weighted by atomic mass is 10.1. The van der Waals surface area contributed by atoms with E-state index in [1.54, 1.807) is 0 Å². The fourth-order valence-corrected chi connectivity index (χ4v) is 1.15. The first-order chi connectivity index (χ1) is 6.95. The van der Waals surface area contributed by atoms with Gasteiger partial charge in [0.05, 0.1) is 12.2 Å². The first-order valence-corrected chi connectivity index (χ1v) is 4.29. The highest BCUT2D eigenvalue weighted by Gasteiger charge is 2.30. The summed E-state index contributed by atoms with van der Waals surface area (Å²) >= 11 is 0. The molecule has 0 radical (unpaired) electrons. The van der Waals surface area contributed by atoms with Crippen LogP contribution in [0.15, 0.2) is 24.3 Å². The summed E-state index contributed by atoms with van der Waals surface area (Å²) in [4.78, 5) is 0. The molecular weight excluding hydrogens is 209 g/mol. The zero-order valence-corrected chi connectivity index (χ0v) is 8.08. The molecule has 1 aromatic carbocycles. The number of alkyl halides is 3. The number of aliphatic hydroxyl groups excluding tert-OH is 1. The number of hydrogen-bond donors (Lipinski definition) is 1. The first-order valence-electron chi connectivity index (χ1n) is 4.29. The van der Waals surface area contributed by atoms with Crippen LogP contribution in [0.2, 0.25) is 0 Å². The lowest BCUT2D eigenvalue weighted by Gasteiger charge is -2.11. The Balaban J connectivity index is 2.81. The van der Waals surface area contributed by atoms with Crippen LogP contribution < -0.4 is 0 Å². The molecule has 0 saturated carbocycles. The van der Waals surface area contributed by atoms with Crippen LogP contribution in [-0.2, 0) is 10.9 Å². The number of methoxy groups -OCH3 is 1. The fraction of sp³-hybridized carbons (Fsp3) is 0.400.